The molecule has 0 heterocycles. The first-order valence-electron chi connectivity index (χ1n) is 10.5. The molecule has 4 rings (SSSR count). The van der Waals surface area contributed by atoms with E-state index in [1.807, 2.05) is 0 Å². The molecule has 0 spiro atoms. The topological polar surface area (TPSA) is 69.4 Å². The van der Waals surface area contributed by atoms with E-state index in [1.54, 1.807) is 0 Å². The van der Waals surface area contributed by atoms with Crippen LogP contribution in [0.25, 0.3) is 32.3 Å². The lowest BCUT2D eigenvalue weighted by atomic mass is 9.93. The first kappa shape index (κ1) is 7.37. The van der Waals surface area contributed by atoms with Gasteiger partial charge in [0, 0.05) is 29.1 Å². The van der Waals surface area contributed by atoms with Gasteiger partial charge in [-0.25, -0.2) is 0 Å². The van der Waals surface area contributed by atoms with Gasteiger partial charge in [-0.15, -0.1) is 0 Å². The molecule has 0 atom stereocenters. The Kier molecular flexibility index (Phi) is 1.49. The van der Waals surface area contributed by atoms with Crippen molar-refractivity contribution in [3.05, 3.63) is 58.5 Å². The maximum Gasteiger partial charge on any atom is 0.308 e. The molecule has 0 aliphatic rings. The molecule has 0 aromatic heterocycles. The number of nitrogens with zero attached hydrogens (tertiary/aromatic N) is 1. The SMILES string of the molecule is [2H]c1c([2H])c2c([2H])c([2H])c3c([2H])c([2H])c([N+](=O)[O-])c4c([2H])c([2H])c(c1OC(C)=O)c2c34. The van der Waals surface area contributed by atoms with Crippen LogP contribution in [0.5, 0.6) is 5.75 Å². The summed E-state index contributed by atoms with van der Waals surface area (Å²) in [5.41, 5.74) is -0.910. The fourth-order valence-corrected chi connectivity index (χ4v) is 2.51. The van der Waals surface area contributed by atoms with Crippen molar-refractivity contribution < 1.29 is 25.4 Å². The zero-order valence-electron chi connectivity index (χ0n) is 19.6. The Hall–Kier alpha value is -3.21. The van der Waals surface area contributed by atoms with E-state index in [-0.39, 0.29) is 26.9 Å². The number of esters is 1. The van der Waals surface area contributed by atoms with Crippen molar-refractivity contribution in [2.45, 2.75) is 6.92 Å². The lowest BCUT2D eigenvalue weighted by Crippen LogP contribution is -2.02. The van der Waals surface area contributed by atoms with Gasteiger partial charge in [0.1, 0.15) is 5.75 Å². The second-order valence-electron chi connectivity index (χ2n) is 4.78. The molecular formula is C18H11NO4. The zero-order chi connectivity index (χ0) is 23.1. The van der Waals surface area contributed by atoms with E-state index in [0.717, 1.165) is 6.92 Å². The van der Waals surface area contributed by atoms with Crippen molar-refractivity contribution >= 4 is 44.0 Å². The van der Waals surface area contributed by atoms with Crippen LogP contribution >= 0.6 is 0 Å². The predicted octanol–water partition coefficient (Wildman–Crippen LogP) is 4.42. The van der Waals surface area contributed by atoms with Crippen LogP contribution in [0.2, 0.25) is 0 Å². The van der Waals surface area contributed by atoms with E-state index in [4.69, 9.17) is 15.7 Å². The van der Waals surface area contributed by atoms with E-state index < -0.39 is 76.1 Å². The quantitative estimate of drug-likeness (QED) is 0.181. The standard InChI is InChI=1S/C18H11NO4/c1-10(20)23-16-9-5-12-3-2-11-4-8-15(19(21)22)13-6-7-14(16)18(12)17(11)13/h2-9H,1H3/i2D,3D,4D,5D,6D,7D,8D,9D. The molecule has 0 N–H and O–H groups in total. The Morgan fingerprint density at radius 2 is 1.57 bits per heavy atom. The summed E-state index contributed by atoms with van der Waals surface area (Å²) < 4.78 is 71.2. The molecule has 0 bridgehead atoms. The first-order valence-corrected chi connectivity index (χ1v) is 6.45. The minimum absolute atomic E-state index is 0.166. The number of nitro groups is 1. The van der Waals surface area contributed by atoms with Crippen LogP contribution in [-0.4, -0.2) is 10.9 Å². The van der Waals surface area contributed by atoms with Gasteiger partial charge in [-0.3, -0.25) is 14.9 Å². The van der Waals surface area contributed by atoms with Gasteiger partial charge < -0.3 is 4.74 Å². The van der Waals surface area contributed by atoms with Crippen molar-refractivity contribution in [2.75, 3.05) is 0 Å². The molecule has 112 valence electrons. The smallest absolute Gasteiger partial charge is 0.308 e. The van der Waals surface area contributed by atoms with Gasteiger partial charge >= 0.3 is 5.97 Å². The molecule has 4 aromatic rings. The molecule has 0 aliphatic heterocycles. The Balaban J connectivity index is 2.55. The molecule has 0 saturated heterocycles. The molecule has 23 heavy (non-hydrogen) atoms. The van der Waals surface area contributed by atoms with Gasteiger partial charge in [0.15, 0.2) is 0 Å². The second kappa shape index (κ2) is 4.64. The molecule has 0 radical (unpaired) electrons. The maximum absolute atomic E-state index is 11.7. The van der Waals surface area contributed by atoms with E-state index in [1.165, 1.54) is 0 Å². The van der Waals surface area contributed by atoms with Crippen molar-refractivity contribution in [3.63, 3.8) is 0 Å². The summed E-state index contributed by atoms with van der Waals surface area (Å²) in [5.74, 6) is -1.39. The van der Waals surface area contributed by atoms with Crippen LogP contribution in [0.15, 0.2) is 48.3 Å². The number of nitro benzene ring substituents is 1. The van der Waals surface area contributed by atoms with Crippen molar-refractivity contribution in [1.29, 1.82) is 0 Å². The van der Waals surface area contributed by atoms with Gasteiger partial charge in [-0.05, 0) is 34.9 Å². The fraction of sp³-hybridized carbons (Fsp3) is 0.0556. The summed E-state index contributed by atoms with van der Waals surface area (Å²) in [6.45, 7) is 1.03. The Morgan fingerprint density at radius 3 is 2.22 bits per heavy atom. The summed E-state index contributed by atoms with van der Waals surface area (Å²) in [5, 5.41) is 9.92. The van der Waals surface area contributed by atoms with Crippen LogP contribution in [0.3, 0.4) is 0 Å². The highest BCUT2D eigenvalue weighted by Crippen LogP contribution is 2.41. The van der Waals surface area contributed by atoms with Gasteiger partial charge in [-0.2, -0.15) is 0 Å². The number of carbonyl (C=O) groups excluding carboxylic acids is 1. The Bertz CT molecular complexity index is 1500. The minimum Gasteiger partial charge on any atom is -0.426 e. The lowest BCUT2D eigenvalue weighted by molar-refractivity contribution is -0.383. The van der Waals surface area contributed by atoms with E-state index in [2.05, 4.69) is 0 Å². The molecule has 0 aliphatic carbocycles. The normalized spacial score (nSPS) is 16.2. The number of rotatable bonds is 2. The highest BCUT2D eigenvalue weighted by molar-refractivity contribution is 6.25. The monoisotopic (exact) mass is 313 g/mol. The highest BCUT2D eigenvalue weighted by atomic mass is 16.6. The molecular weight excluding hydrogens is 294 g/mol. The number of benzene rings is 4. The third-order valence-electron chi connectivity index (χ3n) is 3.37. The van der Waals surface area contributed by atoms with E-state index in [9.17, 15) is 14.9 Å². The predicted molar refractivity (Wildman–Crippen MR) is 88.1 cm³/mol. The van der Waals surface area contributed by atoms with E-state index in [0.29, 0.717) is 0 Å². The van der Waals surface area contributed by atoms with Gasteiger partial charge in [0.05, 0.1) is 21.3 Å². The summed E-state index contributed by atoms with van der Waals surface area (Å²) in [4.78, 5) is 22.4. The van der Waals surface area contributed by atoms with Crippen LogP contribution in [0.1, 0.15) is 17.9 Å². The summed E-state index contributed by atoms with van der Waals surface area (Å²) in [6, 6.07) is -5.40. The number of carbonyl (C=O) groups is 1. The second-order valence-corrected chi connectivity index (χ2v) is 4.78. The van der Waals surface area contributed by atoms with Gasteiger partial charge in [0.2, 0.25) is 0 Å². The minimum atomic E-state index is -0.959. The molecule has 0 amide bonds. The third kappa shape index (κ3) is 1.90. The van der Waals surface area contributed by atoms with Gasteiger partial charge in [-0.1, -0.05) is 18.1 Å². The Labute approximate surface area is 141 Å². The maximum atomic E-state index is 11.7. The number of ether oxygens (including phenoxy) is 1. The molecule has 0 saturated carbocycles. The summed E-state index contributed by atoms with van der Waals surface area (Å²) in [6.07, 6.45) is 0. The number of hydrogen-bond donors (Lipinski definition) is 0. The highest BCUT2D eigenvalue weighted by Gasteiger charge is 2.18. The van der Waals surface area contributed by atoms with E-state index >= 15 is 0 Å². The lowest BCUT2D eigenvalue weighted by Gasteiger charge is -2.13. The van der Waals surface area contributed by atoms with Crippen molar-refractivity contribution in [1.82, 2.24) is 0 Å². The zero-order valence-corrected chi connectivity index (χ0v) is 11.6. The van der Waals surface area contributed by atoms with Crippen LogP contribution in [0.4, 0.5) is 5.69 Å². The fourth-order valence-electron chi connectivity index (χ4n) is 2.51. The summed E-state index contributed by atoms with van der Waals surface area (Å²) in [7, 11) is 0. The van der Waals surface area contributed by atoms with Crippen LogP contribution in [0, 0.1) is 10.1 Å². The van der Waals surface area contributed by atoms with Crippen molar-refractivity contribution in [2.24, 2.45) is 0 Å². The molecule has 5 heteroatoms. The first-order chi connectivity index (χ1) is 14.4. The van der Waals surface area contributed by atoms with Crippen LogP contribution < -0.4 is 4.74 Å². The van der Waals surface area contributed by atoms with Crippen LogP contribution in [-0.2, 0) is 4.79 Å². The Morgan fingerprint density at radius 1 is 1.00 bits per heavy atom. The van der Waals surface area contributed by atoms with Gasteiger partial charge in [0.25, 0.3) is 5.69 Å². The molecule has 0 fully saturated rings. The average Bonchev–Trinajstić information content (AvgIpc) is 2.68. The summed E-state index contributed by atoms with van der Waals surface area (Å²) >= 11 is 0. The number of hydrogen-bond acceptors (Lipinski definition) is 4. The molecule has 5 nitrogen and oxygen atoms in total. The average molecular weight is 313 g/mol. The largest absolute Gasteiger partial charge is 0.426 e. The molecule has 0 unspecified atom stereocenters. The molecule has 4 aromatic carbocycles. The van der Waals surface area contributed by atoms with Crippen molar-refractivity contribution in [3.8, 4) is 5.75 Å². The third-order valence-corrected chi connectivity index (χ3v) is 3.37.